The zero-order valence-electron chi connectivity index (χ0n) is 14.4. The molecule has 0 spiro atoms. The highest BCUT2D eigenvalue weighted by molar-refractivity contribution is 6.30. The standard InChI is InChI=1S/C17H20ClN3O5/c1-20-10-15(23)21(17(20)25)8-2-3-16(24)26-11-14(22)19-9-12-4-6-13(18)7-5-12/h4-7H,2-3,8-11H2,1H3,(H,19,22). The van der Waals surface area contributed by atoms with Crippen molar-refractivity contribution < 1.29 is 23.9 Å². The van der Waals surface area contributed by atoms with Crippen LogP contribution in [-0.4, -0.2) is 60.4 Å². The Balaban J connectivity index is 1.61. The molecule has 1 N–H and O–H groups in total. The molecule has 1 aromatic rings. The molecule has 0 bridgehead atoms. The molecule has 0 unspecified atom stereocenters. The number of nitrogens with one attached hydrogen (secondary N) is 1. The van der Waals surface area contributed by atoms with Crippen LogP contribution in [-0.2, 0) is 25.7 Å². The number of amides is 4. The molecule has 0 atom stereocenters. The van der Waals surface area contributed by atoms with Gasteiger partial charge in [-0.3, -0.25) is 19.3 Å². The van der Waals surface area contributed by atoms with Crippen LogP contribution in [0.15, 0.2) is 24.3 Å². The first kappa shape index (κ1) is 19.7. The molecule has 1 aliphatic rings. The van der Waals surface area contributed by atoms with Crippen molar-refractivity contribution >= 4 is 35.4 Å². The third-order valence-corrected chi connectivity index (χ3v) is 4.01. The van der Waals surface area contributed by atoms with Gasteiger partial charge in [-0.1, -0.05) is 23.7 Å². The van der Waals surface area contributed by atoms with Gasteiger partial charge in [-0.15, -0.1) is 0 Å². The Morgan fingerprint density at radius 2 is 1.92 bits per heavy atom. The van der Waals surface area contributed by atoms with Crippen molar-refractivity contribution in [2.75, 3.05) is 26.7 Å². The van der Waals surface area contributed by atoms with Crippen LogP contribution < -0.4 is 5.32 Å². The second kappa shape index (κ2) is 9.19. The number of carbonyl (C=O) groups is 4. The number of hydrogen-bond acceptors (Lipinski definition) is 5. The lowest BCUT2D eigenvalue weighted by Gasteiger charge is -2.13. The average molecular weight is 382 g/mol. The van der Waals surface area contributed by atoms with Gasteiger partial charge in [-0.05, 0) is 24.1 Å². The molecule has 1 aromatic carbocycles. The van der Waals surface area contributed by atoms with E-state index in [9.17, 15) is 19.2 Å². The van der Waals surface area contributed by atoms with E-state index in [1.54, 1.807) is 24.3 Å². The predicted octanol–water partition coefficient (Wildman–Crippen LogP) is 1.17. The molecule has 140 valence electrons. The molecule has 2 rings (SSSR count). The molecule has 1 saturated heterocycles. The number of rotatable bonds is 8. The van der Waals surface area contributed by atoms with Gasteiger partial charge in [-0.2, -0.15) is 0 Å². The van der Waals surface area contributed by atoms with E-state index in [1.807, 2.05) is 0 Å². The second-order valence-corrected chi connectivity index (χ2v) is 6.29. The van der Waals surface area contributed by atoms with Crippen molar-refractivity contribution in [2.24, 2.45) is 0 Å². The fourth-order valence-electron chi connectivity index (χ4n) is 2.34. The number of benzene rings is 1. The number of imide groups is 1. The average Bonchev–Trinajstić information content (AvgIpc) is 2.85. The van der Waals surface area contributed by atoms with Gasteiger partial charge in [0.05, 0.1) is 0 Å². The van der Waals surface area contributed by atoms with E-state index in [-0.39, 0.29) is 44.5 Å². The lowest BCUT2D eigenvalue weighted by atomic mass is 10.2. The van der Waals surface area contributed by atoms with Gasteiger partial charge in [-0.25, -0.2) is 4.79 Å². The lowest BCUT2D eigenvalue weighted by Crippen LogP contribution is -2.33. The minimum Gasteiger partial charge on any atom is -0.456 e. The molecule has 26 heavy (non-hydrogen) atoms. The molecule has 1 aliphatic heterocycles. The van der Waals surface area contributed by atoms with Gasteiger partial charge >= 0.3 is 12.0 Å². The SMILES string of the molecule is CN1CC(=O)N(CCCC(=O)OCC(=O)NCc2ccc(Cl)cc2)C1=O. The summed E-state index contributed by atoms with van der Waals surface area (Å²) < 4.78 is 4.88. The number of urea groups is 1. The maximum absolute atomic E-state index is 11.7. The van der Waals surface area contributed by atoms with Gasteiger partial charge in [0.15, 0.2) is 6.61 Å². The van der Waals surface area contributed by atoms with Crippen molar-refractivity contribution in [3.8, 4) is 0 Å². The number of esters is 1. The smallest absolute Gasteiger partial charge is 0.326 e. The summed E-state index contributed by atoms with van der Waals surface area (Å²) in [5, 5.41) is 3.24. The second-order valence-electron chi connectivity index (χ2n) is 5.85. The van der Waals surface area contributed by atoms with Crippen LogP contribution in [0.1, 0.15) is 18.4 Å². The number of carbonyl (C=O) groups excluding carboxylic acids is 4. The number of halogens is 1. The van der Waals surface area contributed by atoms with Crippen LogP contribution >= 0.6 is 11.6 Å². The normalized spacial score (nSPS) is 13.9. The largest absolute Gasteiger partial charge is 0.456 e. The Labute approximate surface area is 156 Å². The first-order valence-corrected chi connectivity index (χ1v) is 8.47. The third-order valence-electron chi connectivity index (χ3n) is 3.76. The van der Waals surface area contributed by atoms with Gasteiger partial charge in [0.1, 0.15) is 6.54 Å². The van der Waals surface area contributed by atoms with Crippen molar-refractivity contribution in [3.05, 3.63) is 34.9 Å². The van der Waals surface area contributed by atoms with Crippen LogP contribution in [0.4, 0.5) is 4.79 Å². The van der Waals surface area contributed by atoms with Crippen LogP contribution in [0.3, 0.4) is 0 Å². The number of nitrogens with zero attached hydrogens (tertiary/aromatic N) is 2. The van der Waals surface area contributed by atoms with Crippen LogP contribution in [0.25, 0.3) is 0 Å². The molecule has 8 nitrogen and oxygen atoms in total. The van der Waals surface area contributed by atoms with Crippen molar-refractivity contribution in [1.29, 1.82) is 0 Å². The summed E-state index contributed by atoms with van der Waals surface area (Å²) in [4.78, 5) is 49.0. The predicted molar refractivity (Wildman–Crippen MR) is 93.2 cm³/mol. The lowest BCUT2D eigenvalue weighted by molar-refractivity contribution is -0.148. The van der Waals surface area contributed by atoms with Gasteiger partial charge in [0, 0.05) is 31.6 Å². The molecule has 9 heteroatoms. The zero-order chi connectivity index (χ0) is 19.1. The van der Waals surface area contributed by atoms with E-state index in [0.29, 0.717) is 11.6 Å². The molecule has 1 heterocycles. The summed E-state index contributed by atoms with van der Waals surface area (Å²) in [6.07, 6.45) is 0.307. The summed E-state index contributed by atoms with van der Waals surface area (Å²) >= 11 is 5.78. The molecule has 0 radical (unpaired) electrons. The summed E-state index contributed by atoms with van der Waals surface area (Å²) in [5.74, 6) is -1.26. The number of likely N-dealkylation sites (N-methyl/N-ethyl adjacent to an activating group) is 1. The highest BCUT2D eigenvalue weighted by Crippen LogP contribution is 2.10. The Hall–Kier alpha value is -2.61. The zero-order valence-corrected chi connectivity index (χ0v) is 15.1. The van der Waals surface area contributed by atoms with Gasteiger partial charge < -0.3 is 15.0 Å². The van der Waals surface area contributed by atoms with E-state index >= 15 is 0 Å². The molecule has 1 fully saturated rings. The summed E-state index contributed by atoms with van der Waals surface area (Å²) in [7, 11) is 1.54. The van der Waals surface area contributed by atoms with Crippen molar-refractivity contribution in [3.63, 3.8) is 0 Å². The van der Waals surface area contributed by atoms with Crippen LogP contribution in [0, 0.1) is 0 Å². The number of ether oxygens (including phenoxy) is 1. The topological polar surface area (TPSA) is 96.0 Å². The van der Waals surface area contributed by atoms with E-state index < -0.39 is 11.9 Å². The van der Waals surface area contributed by atoms with Crippen LogP contribution in [0.2, 0.25) is 5.02 Å². The Kier molecular flexibility index (Phi) is 6.97. The molecule has 0 saturated carbocycles. The highest BCUT2D eigenvalue weighted by Gasteiger charge is 2.32. The van der Waals surface area contributed by atoms with E-state index in [4.69, 9.17) is 16.3 Å². The Morgan fingerprint density at radius 3 is 2.54 bits per heavy atom. The fourth-order valence-corrected chi connectivity index (χ4v) is 2.47. The molecular formula is C17H20ClN3O5. The van der Waals surface area contributed by atoms with Crippen molar-refractivity contribution in [2.45, 2.75) is 19.4 Å². The molecular weight excluding hydrogens is 362 g/mol. The molecule has 0 aromatic heterocycles. The van der Waals surface area contributed by atoms with E-state index in [2.05, 4.69) is 5.32 Å². The maximum atomic E-state index is 11.7. The fraction of sp³-hybridized carbons (Fsp3) is 0.412. The summed E-state index contributed by atoms with van der Waals surface area (Å²) in [6.45, 7) is 0.133. The Morgan fingerprint density at radius 1 is 1.23 bits per heavy atom. The monoisotopic (exact) mass is 381 g/mol. The quantitative estimate of drug-likeness (QED) is 0.538. The first-order chi connectivity index (χ1) is 12.4. The minimum atomic E-state index is -0.556. The first-order valence-electron chi connectivity index (χ1n) is 8.09. The molecule has 0 aliphatic carbocycles. The highest BCUT2D eigenvalue weighted by atomic mass is 35.5. The minimum absolute atomic E-state index is 0.0191. The van der Waals surface area contributed by atoms with Gasteiger partial charge in [0.25, 0.3) is 5.91 Å². The van der Waals surface area contributed by atoms with Crippen molar-refractivity contribution in [1.82, 2.24) is 15.1 Å². The van der Waals surface area contributed by atoms with Gasteiger partial charge in [0.2, 0.25) is 5.91 Å². The maximum Gasteiger partial charge on any atom is 0.326 e. The summed E-state index contributed by atoms with van der Waals surface area (Å²) in [5.41, 5.74) is 0.874. The third kappa shape index (κ3) is 5.73. The molecule has 4 amide bonds. The Bertz CT molecular complexity index is 692. The summed E-state index contributed by atoms with van der Waals surface area (Å²) in [6, 6.07) is 6.64. The van der Waals surface area contributed by atoms with E-state index in [1.165, 1.54) is 11.9 Å². The van der Waals surface area contributed by atoms with E-state index in [0.717, 1.165) is 10.5 Å². The van der Waals surface area contributed by atoms with Crippen LogP contribution in [0.5, 0.6) is 0 Å². The number of hydrogen-bond donors (Lipinski definition) is 1.